The molecule has 0 aliphatic carbocycles. The number of nitrogens with zero attached hydrogens (tertiary/aromatic N) is 2. The van der Waals surface area contributed by atoms with E-state index in [9.17, 15) is 0 Å². The van der Waals surface area contributed by atoms with Crippen LogP contribution in [0.5, 0.6) is 5.75 Å². The lowest BCUT2D eigenvalue weighted by Crippen LogP contribution is -2.39. The third-order valence-electron chi connectivity index (χ3n) is 3.08. The summed E-state index contributed by atoms with van der Waals surface area (Å²) in [4.78, 5) is 6.75. The summed E-state index contributed by atoms with van der Waals surface area (Å²) in [5.41, 5.74) is 0. The number of hydrogen-bond acceptors (Lipinski definition) is 3. The summed E-state index contributed by atoms with van der Waals surface area (Å²) in [6.45, 7) is 7.45. The first-order valence-electron chi connectivity index (χ1n) is 8.10. The van der Waals surface area contributed by atoms with Crippen LogP contribution in [-0.2, 0) is 0 Å². The predicted octanol–water partition coefficient (Wildman–Crippen LogP) is 2.61. The van der Waals surface area contributed by atoms with Crippen molar-refractivity contribution in [2.24, 2.45) is 4.99 Å². The summed E-state index contributed by atoms with van der Waals surface area (Å²) in [5.74, 6) is 1.64. The van der Waals surface area contributed by atoms with Gasteiger partial charge in [-0.25, -0.2) is 4.99 Å². The molecule has 0 fully saturated rings. The molecule has 1 aromatic rings. The quantitative estimate of drug-likeness (QED) is 0.412. The van der Waals surface area contributed by atoms with Gasteiger partial charge in [0, 0.05) is 18.1 Å². The van der Waals surface area contributed by atoms with Crippen LogP contribution in [0.2, 0.25) is 5.02 Å². The molecule has 130 valence electrons. The van der Waals surface area contributed by atoms with Crippen molar-refractivity contribution in [2.45, 2.75) is 26.4 Å². The summed E-state index contributed by atoms with van der Waals surface area (Å²) in [6.07, 6.45) is 1.07. The molecule has 1 rings (SSSR count). The highest BCUT2D eigenvalue weighted by Gasteiger charge is 2.04. The van der Waals surface area contributed by atoms with Crippen LogP contribution < -0.4 is 15.4 Å². The second-order valence-electron chi connectivity index (χ2n) is 5.69. The SMILES string of the molecule is CCNC(=NCC(C)Oc1ccc(Cl)cc1)NCCCN(C)C. The molecule has 2 N–H and O–H groups in total. The highest BCUT2D eigenvalue weighted by Crippen LogP contribution is 2.16. The third kappa shape index (κ3) is 9.31. The highest BCUT2D eigenvalue weighted by molar-refractivity contribution is 6.30. The summed E-state index contributed by atoms with van der Waals surface area (Å²) >= 11 is 5.87. The summed E-state index contributed by atoms with van der Waals surface area (Å²) in [5, 5.41) is 7.30. The fourth-order valence-electron chi connectivity index (χ4n) is 1.95. The lowest BCUT2D eigenvalue weighted by atomic mass is 10.3. The molecule has 0 saturated heterocycles. The fourth-order valence-corrected chi connectivity index (χ4v) is 2.07. The van der Waals surface area contributed by atoms with Crippen LogP contribution in [0.15, 0.2) is 29.3 Å². The van der Waals surface area contributed by atoms with Crippen LogP contribution in [0.4, 0.5) is 0 Å². The first kappa shape index (κ1) is 19.6. The second kappa shape index (κ2) is 11.1. The largest absolute Gasteiger partial charge is 0.489 e. The summed E-state index contributed by atoms with van der Waals surface area (Å²) < 4.78 is 5.83. The van der Waals surface area contributed by atoms with E-state index in [1.165, 1.54) is 0 Å². The number of nitrogens with one attached hydrogen (secondary N) is 2. The van der Waals surface area contributed by atoms with Crippen molar-refractivity contribution >= 4 is 17.6 Å². The Kier molecular flexibility index (Phi) is 9.48. The molecule has 5 nitrogen and oxygen atoms in total. The van der Waals surface area contributed by atoms with Crippen molar-refractivity contribution in [1.82, 2.24) is 15.5 Å². The van der Waals surface area contributed by atoms with Gasteiger partial charge in [-0.3, -0.25) is 0 Å². The number of rotatable bonds is 9. The Bertz CT molecular complexity index is 462. The Balaban J connectivity index is 2.40. The molecule has 0 aliphatic heterocycles. The van der Waals surface area contributed by atoms with Crippen molar-refractivity contribution in [3.63, 3.8) is 0 Å². The van der Waals surface area contributed by atoms with E-state index in [0.29, 0.717) is 11.6 Å². The van der Waals surface area contributed by atoms with E-state index in [-0.39, 0.29) is 6.10 Å². The molecule has 6 heteroatoms. The van der Waals surface area contributed by atoms with E-state index >= 15 is 0 Å². The van der Waals surface area contributed by atoms with E-state index in [2.05, 4.69) is 41.5 Å². The minimum atomic E-state index is -0.00610. The van der Waals surface area contributed by atoms with E-state index in [1.807, 2.05) is 31.2 Å². The molecule has 0 aromatic heterocycles. The van der Waals surface area contributed by atoms with Gasteiger partial charge in [0.15, 0.2) is 5.96 Å². The van der Waals surface area contributed by atoms with E-state index < -0.39 is 0 Å². The van der Waals surface area contributed by atoms with E-state index in [1.54, 1.807) is 0 Å². The normalized spacial score (nSPS) is 13.0. The molecule has 0 amide bonds. The maximum atomic E-state index is 5.87. The van der Waals surface area contributed by atoms with Crippen LogP contribution in [0, 0.1) is 0 Å². The standard InChI is InChI=1S/C17H29ClN4O/c1-5-19-17(20-11-6-12-22(3)4)21-13-14(2)23-16-9-7-15(18)8-10-16/h7-10,14H,5-6,11-13H2,1-4H3,(H2,19,20,21). The van der Waals surface area contributed by atoms with E-state index in [0.717, 1.165) is 37.8 Å². The topological polar surface area (TPSA) is 48.9 Å². The number of halogens is 1. The Morgan fingerprint density at radius 2 is 1.96 bits per heavy atom. The number of ether oxygens (including phenoxy) is 1. The van der Waals surface area contributed by atoms with Crippen LogP contribution >= 0.6 is 11.6 Å². The lowest BCUT2D eigenvalue weighted by molar-refractivity contribution is 0.230. The first-order chi connectivity index (χ1) is 11.0. The minimum Gasteiger partial charge on any atom is -0.489 e. The van der Waals surface area contributed by atoms with E-state index in [4.69, 9.17) is 16.3 Å². The van der Waals surface area contributed by atoms with Gasteiger partial charge in [0.25, 0.3) is 0 Å². The Morgan fingerprint density at radius 1 is 1.26 bits per heavy atom. The minimum absolute atomic E-state index is 0.00610. The van der Waals surface area contributed by atoms with Crippen LogP contribution in [0.3, 0.4) is 0 Å². The van der Waals surface area contributed by atoms with Crippen LogP contribution in [0.25, 0.3) is 0 Å². The molecule has 0 radical (unpaired) electrons. The molecular weight excluding hydrogens is 312 g/mol. The molecule has 23 heavy (non-hydrogen) atoms. The maximum Gasteiger partial charge on any atom is 0.191 e. The van der Waals surface area contributed by atoms with Gasteiger partial charge >= 0.3 is 0 Å². The Morgan fingerprint density at radius 3 is 2.57 bits per heavy atom. The molecule has 0 aliphatic rings. The van der Waals surface area contributed by atoms with Gasteiger partial charge in [-0.15, -0.1) is 0 Å². The number of hydrogen-bond donors (Lipinski definition) is 2. The van der Waals surface area contributed by atoms with Crippen molar-refractivity contribution in [2.75, 3.05) is 40.3 Å². The zero-order valence-electron chi connectivity index (χ0n) is 14.6. The van der Waals surface area contributed by atoms with Crippen molar-refractivity contribution in [3.8, 4) is 5.75 Å². The average Bonchev–Trinajstić information content (AvgIpc) is 2.51. The Labute approximate surface area is 145 Å². The van der Waals surface area contributed by atoms with Gasteiger partial charge < -0.3 is 20.3 Å². The monoisotopic (exact) mass is 340 g/mol. The van der Waals surface area contributed by atoms with Gasteiger partial charge in [-0.2, -0.15) is 0 Å². The second-order valence-corrected chi connectivity index (χ2v) is 6.12. The molecule has 1 aromatic carbocycles. The number of aliphatic imine (C=N–C) groups is 1. The molecule has 0 spiro atoms. The van der Waals surface area contributed by atoms with Crippen molar-refractivity contribution < 1.29 is 4.74 Å². The molecule has 0 saturated carbocycles. The van der Waals surface area contributed by atoms with Gasteiger partial charge in [0.05, 0.1) is 6.54 Å². The number of guanidine groups is 1. The zero-order chi connectivity index (χ0) is 17.1. The van der Waals surface area contributed by atoms with Gasteiger partial charge in [0.1, 0.15) is 11.9 Å². The maximum absolute atomic E-state index is 5.87. The van der Waals surface area contributed by atoms with Crippen LogP contribution in [-0.4, -0.2) is 57.2 Å². The number of benzene rings is 1. The predicted molar refractivity (Wildman–Crippen MR) is 98.7 cm³/mol. The molecule has 1 unspecified atom stereocenters. The van der Waals surface area contributed by atoms with Crippen molar-refractivity contribution in [3.05, 3.63) is 29.3 Å². The van der Waals surface area contributed by atoms with Gasteiger partial charge in [-0.1, -0.05) is 11.6 Å². The zero-order valence-corrected chi connectivity index (χ0v) is 15.4. The van der Waals surface area contributed by atoms with Crippen molar-refractivity contribution in [1.29, 1.82) is 0 Å². The molecule has 0 bridgehead atoms. The fraction of sp³-hybridized carbons (Fsp3) is 0.588. The third-order valence-corrected chi connectivity index (χ3v) is 3.33. The molecule has 1 atom stereocenters. The van der Waals surface area contributed by atoms with Gasteiger partial charge in [-0.05, 0) is 65.2 Å². The Hall–Kier alpha value is -1.46. The summed E-state index contributed by atoms with van der Waals surface area (Å²) in [7, 11) is 4.16. The highest BCUT2D eigenvalue weighted by atomic mass is 35.5. The smallest absolute Gasteiger partial charge is 0.191 e. The molecular formula is C17H29ClN4O. The van der Waals surface area contributed by atoms with Crippen LogP contribution in [0.1, 0.15) is 20.3 Å². The molecule has 0 heterocycles. The van der Waals surface area contributed by atoms with Gasteiger partial charge in [0.2, 0.25) is 0 Å². The first-order valence-corrected chi connectivity index (χ1v) is 8.48. The summed E-state index contributed by atoms with van der Waals surface area (Å²) in [6, 6.07) is 7.38. The lowest BCUT2D eigenvalue weighted by Gasteiger charge is -2.16. The average molecular weight is 341 g/mol.